The Labute approximate surface area is 145 Å². The second-order valence-electron chi connectivity index (χ2n) is 6.45. The van der Waals surface area contributed by atoms with Gasteiger partial charge in [0.25, 0.3) is 0 Å². The van der Waals surface area contributed by atoms with Crippen LogP contribution in [0.2, 0.25) is 5.02 Å². The first-order valence-electron chi connectivity index (χ1n) is 8.22. The number of anilines is 1. The number of rotatable bonds is 5. The smallest absolute Gasteiger partial charge is 0.358 e. The normalized spacial score (nSPS) is 21.7. The summed E-state index contributed by atoms with van der Waals surface area (Å²) in [6, 6.07) is 1.94. The molecular weight excluding hydrogens is 328 g/mol. The molecule has 1 saturated carbocycles. The summed E-state index contributed by atoms with van der Waals surface area (Å²) in [5, 5.41) is 0.687. The number of hydrogen-bond donors (Lipinski definition) is 0. The van der Waals surface area contributed by atoms with Crippen LogP contribution >= 0.6 is 11.6 Å². The lowest BCUT2D eigenvalue weighted by molar-refractivity contribution is 0.0520. The third-order valence-corrected chi connectivity index (χ3v) is 5.04. The van der Waals surface area contributed by atoms with Crippen LogP contribution in [0.5, 0.6) is 0 Å². The summed E-state index contributed by atoms with van der Waals surface area (Å²) < 4.78 is 6.75. The average Bonchev–Trinajstić information content (AvgIpc) is 2.98. The first-order chi connectivity index (χ1) is 11.6. The maximum absolute atomic E-state index is 11.7. The third-order valence-electron chi connectivity index (χ3n) is 4.69. The Bertz CT molecular complexity index is 766. The van der Waals surface area contributed by atoms with Crippen molar-refractivity contribution in [1.29, 1.82) is 0 Å². The third kappa shape index (κ3) is 2.98. The monoisotopic (exact) mass is 346 g/mol. The van der Waals surface area contributed by atoms with Crippen LogP contribution in [0.1, 0.15) is 29.4 Å². The van der Waals surface area contributed by atoms with Crippen molar-refractivity contribution in [2.45, 2.75) is 19.9 Å². The van der Waals surface area contributed by atoms with Crippen molar-refractivity contribution < 1.29 is 9.53 Å². The zero-order valence-corrected chi connectivity index (χ0v) is 14.2. The van der Waals surface area contributed by atoms with Gasteiger partial charge in [0, 0.05) is 31.0 Å². The number of nitrogens with zero attached hydrogens (tertiary/aromatic N) is 4. The molecule has 24 heavy (non-hydrogen) atoms. The maximum Gasteiger partial charge on any atom is 0.358 e. The molecule has 3 heterocycles. The highest BCUT2D eigenvalue weighted by molar-refractivity contribution is 6.31. The molecule has 2 aromatic rings. The number of piperidine rings is 1. The van der Waals surface area contributed by atoms with E-state index in [2.05, 4.69) is 14.9 Å². The van der Waals surface area contributed by atoms with Gasteiger partial charge in [0.15, 0.2) is 5.69 Å². The number of pyridine rings is 1. The molecule has 2 aliphatic rings. The molecule has 2 unspecified atom stereocenters. The summed E-state index contributed by atoms with van der Waals surface area (Å²) in [4.78, 5) is 22.6. The van der Waals surface area contributed by atoms with Gasteiger partial charge in [0.05, 0.1) is 24.5 Å². The molecular formula is C17H19ClN4O2. The largest absolute Gasteiger partial charge is 0.461 e. The number of ether oxygens (including phenoxy) is 1. The standard InChI is InChI=1S/C17H19ClN4O2/c1-2-24-17(23)15-9-21(10-20-15)6-13-5-19-16(4-14(13)18)22-7-11-3-12(11)8-22/h4-5,9-12H,2-3,6-8H2,1H3. The van der Waals surface area contributed by atoms with Gasteiger partial charge in [-0.2, -0.15) is 0 Å². The summed E-state index contributed by atoms with van der Waals surface area (Å²) in [5.74, 6) is 2.26. The molecule has 2 atom stereocenters. The summed E-state index contributed by atoms with van der Waals surface area (Å²) in [7, 11) is 0. The molecule has 0 N–H and O–H groups in total. The van der Waals surface area contributed by atoms with Gasteiger partial charge < -0.3 is 14.2 Å². The first kappa shape index (κ1) is 15.4. The van der Waals surface area contributed by atoms with Crippen LogP contribution in [0.15, 0.2) is 24.8 Å². The van der Waals surface area contributed by atoms with E-state index in [0.29, 0.717) is 23.9 Å². The second-order valence-corrected chi connectivity index (χ2v) is 6.85. The summed E-state index contributed by atoms with van der Waals surface area (Å²) in [6.07, 6.45) is 6.44. The van der Waals surface area contributed by atoms with E-state index in [1.165, 1.54) is 6.42 Å². The van der Waals surface area contributed by atoms with Gasteiger partial charge >= 0.3 is 5.97 Å². The van der Waals surface area contributed by atoms with Gasteiger partial charge in [-0.05, 0) is 31.2 Å². The van der Waals surface area contributed by atoms with Gasteiger partial charge in [-0.15, -0.1) is 0 Å². The van der Waals surface area contributed by atoms with Crippen molar-refractivity contribution in [2.24, 2.45) is 11.8 Å². The maximum atomic E-state index is 11.7. The summed E-state index contributed by atoms with van der Waals surface area (Å²) in [5.41, 5.74) is 1.20. The SMILES string of the molecule is CCOC(=O)c1cn(Cc2cnc(N3CC4CC4C3)cc2Cl)cn1. The molecule has 126 valence electrons. The van der Waals surface area contributed by atoms with E-state index < -0.39 is 5.97 Å². The minimum absolute atomic E-state index is 0.300. The van der Waals surface area contributed by atoms with Crippen molar-refractivity contribution in [3.63, 3.8) is 0 Å². The number of carbonyl (C=O) groups excluding carboxylic acids is 1. The van der Waals surface area contributed by atoms with Crippen LogP contribution in [0.25, 0.3) is 0 Å². The predicted octanol–water partition coefficient (Wildman–Crippen LogP) is 2.61. The lowest BCUT2D eigenvalue weighted by atomic mass is 10.2. The quantitative estimate of drug-likeness (QED) is 0.779. The van der Waals surface area contributed by atoms with Crippen LogP contribution < -0.4 is 4.90 Å². The van der Waals surface area contributed by atoms with E-state index in [9.17, 15) is 4.79 Å². The highest BCUT2D eigenvalue weighted by Crippen LogP contribution is 2.46. The van der Waals surface area contributed by atoms with Crippen molar-refractivity contribution in [3.05, 3.63) is 41.1 Å². The average molecular weight is 347 g/mol. The van der Waals surface area contributed by atoms with Gasteiger partial charge in [-0.25, -0.2) is 14.8 Å². The Morgan fingerprint density at radius 1 is 1.38 bits per heavy atom. The molecule has 0 aromatic carbocycles. The second kappa shape index (κ2) is 6.09. The number of carbonyl (C=O) groups is 1. The number of fused-ring (bicyclic) bond motifs is 1. The highest BCUT2D eigenvalue weighted by Gasteiger charge is 2.45. The molecule has 0 amide bonds. The van der Waals surface area contributed by atoms with E-state index >= 15 is 0 Å². The molecule has 0 bridgehead atoms. The van der Waals surface area contributed by atoms with Gasteiger partial charge in [0.2, 0.25) is 0 Å². The molecule has 2 fully saturated rings. The van der Waals surface area contributed by atoms with Crippen LogP contribution in [0, 0.1) is 11.8 Å². The fourth-order valence-corrected chi connectivity index (χ4v) is 3.48. The minimum Gasteiger partial charge on any atom is -0.461 e. The summed E-state index contributed by atoms with van der Waals surface area (Å²) in [6.45, 7) is 4.81. The molecule has 1 aliphatic carbocycles. The van der Waals surface area contributed by atoms with Crippen LogP contribution in [0.4, 0.5) is 5.82 Å². The molecule has 4 rings (SSSR count). The molecule has 2 aromatic heterocycles. The van der Waals surface area contributed by atoms with E-state index in [0.717, 1.165) is 36.3 Å². The topological polar surface area (TPSA) is 60.3 Å². The van der Waals surface area contributed by atoms with E-state index in [4.69, 9.17) is 16.3 Å². The molecule has 0 radical (unpaired) electrons. The van der Waals surface area contributed by atoms with Gasteiger partial charge in [-0.1, -0.05) is 11.6 Å². The minimum atomic E-state index is -0.414. The lowest BCUT2D eigenvalue weighted by Crippen LogP contribution is -2.22. The van der Waals surface area contributed by atoms with Gasteiger partial charge in [-0.3, -0.25) is 0 Å². The van der Waals surface area contributed by atoms with Crippen LogP contribution in [0.3, 0.4) is 0 Å². The van der Waals surface area contributed by atoms with Crippen LogP contribution in [-0.2, 0) is 11.3 Å². The van der Waals surface area contributed by atoms with E-state index in [1.54, 1.807) is 24.0 Å². The summed E-state index contributed by atoms with van der Waals surface area (Å²) >= 11 is 6.43. The fraction of sp³-hybridized carbons (Fsp3) is 0.471. The van der Waals surface area contributed by atoms with Crippen molar-refractivity contribution >= 4 is 23.4 Å². The Morgan fingerprint density at radius 2 is 2.17 bits per heavy atom. The number of imidazole rings is 1. The predicted molar refractivity (Wildman–Crippen MR) is 90.3 cm³/mol. The molecule has 1 saturated heterocycles. The Balaban J connectivity index is 1.45. The Hall–Kier alpha value is -2.08. The molecule has 6 nitrogen and oxygen atoms in total. The lowest BCUT2D eigenvalue weighted by Gasteiger charge is -2.19. The number of esters is 1. The van der Waals surface area contributed by atoms with E-state index in [1.807, 2.05) is 12.3 Å². The Morgan fingerprint density at radius 3 is 2.88 bits per heavy atom. The van der Waals surface area contributed by atoms with Crippen molar-refractivity contribution in [2.75, 3.05) is 24.6 Å². The molecule has 1 aliphatic heterocycles. The van der Waals surface area contributed by atoms with Gasteiger partial charge in [0.1, 0.15) is 5.82 Å². The zero-order chi connectivity index (χ0) is 16.7. The van der Waals surface area contributed by atoms with Crippen molar-refractivity contribution in [3.8, 4) is 0 Å². The molecule has 0 spiro atoms. The first-order valence-corrected chi connectivity index (χ1v) is 8.60. The highest BCUT2D eigenvalue weighted by atomic mass is 35.5. The number of aromatic nitrogens is 3. The fourth-order valence-electron chi connectivity index (χ4n) is 3.28. The zero-order valence-electron chi connectivity index (χ0n) is 13.5. The van der Waals surface area contributed by atoms with E-state index in [-0.39, 0.29) is 0 Å². The number of hydrogen-bond acceptors (Lipinski definition) is 5. The van der Waals surface area contributed by atoms with Crippen molar-refractivity contribution in [1.82, 2.24) is 14.5 Å². The number of halogens is 1. The molecule has 7 heteroatoms. The van der Waals surface area contributed by atoms with Crippen LogP contribution in [-0.4, -0.2) is 40.2 Å². The Kier molecular flexibility index (Phi) is 3.92.